The summed E-state index contributed by atoms with van der Waals surface area (Å²) in [5.74, 6) is 2.32. The average molecular weight is 302 g/mol. The van der Waals surface area contributed by atoms with E-state index in [-0.39, 0.29) is 0 Å². The van der Waals surface area contributed by atoms with Crippen LogP contribution in [-0.2, 0) is 17.9 Å². The van der Waals surface area contributed by atoms with Gasteiger partial charge in [-0.3, -0.25) is 4.98 Å². The van der Waals surface area contributed by atoms with Crippen LogP contribution in [0.25, 0.3) is 0 Å². The molecule has 0 saturated carbocycles. The highest BCUT2D eigenvalue weighted by Crippen LogP contribution is 2.16. The highest BCUT2D eigenvalue weighted by atomic mass is 16.5. The molecule has 0 aliphatic carbocycles. The van der Waals surface area contributed by atoms with Crippen molar-refractivity contribution in [2.45, 2.75) is 27.0 Å². The smallest absolute Gasteiger partial charge is 0.218 e. The third-order valence-electron chi connectivity index (χ3n) is 2.81. The zero-order chi connectivity index (χ0) is 15.8. The molecule has 0 atom stereocenters. The first-order valence-corrected chi connectivity index (χ1v) is 7.30. The number of nitrogens with zero attached hydrogens (tertiary/aromatic N) is 3. The van der Waals surface area contributed by atoms with Crippen molar-refractivity contribution >= 4 is 5.82 Å². The van der Waals surface area contributed by atoms with Gasteiger partial charge in [0.15, 0.2) is 5.82 Å². The van der Waals surface area contributed by atoms with Crippen LogP contribution >= 0.6 is 0 Å². The van der Waals surface area contributed by atoms with E-state index < -0.39 is 0 Å². The summed E-state index contributed by atoms with van der Waals surface area (Å²) < 4.78 is 10.8. The van der Waals surface area contributed by atoms with Crippen molar-refractivity contribution in [3.05, 3.63) is 42.0 Å². The van der Waals surface area contributed by atoms with Crippen molar-refractivity contribution in [3.8, 4) is 5.88 Å². The first kappa shape index (κ1) is 16.2. The highest BCUT2D eigenvalue weighted by molar-refractivity contribution is 5.39. The summed E-state index contributed by atoms with van der Waals surface area (Å²) in [6, 6.07) is 5.73. The molecule has 118 valence electrons. The monoisotopic (exact) mass is 302 g/mol. The minimum absolute atomic E-state index is 0.350. The first-order valence-electron chi connectivity index (χ1n) is 7.30. The lowest BCUT2D eigenvalue weighted by atomic mass is 10.2. The van der Waals surface area contributed by atoms with Crippen molar-refractivity contribution in [3.63, 3.8) is 0 Å². The fourth-order valence-corrected chi connectivity index (χ4v) is 1.78. The Morgan fingerprint density at radius 2 is 1.95 bits per heavy atom. The molecule has 0 spiro atoms. The van der Waals surface area contributed by atoms with Crippen LogP contribution in [0.4, 0.5) is 5.82 Å². The quantitative estimate of drug-likeness (QED) is 0.808. The summed E-state index contributed by atoms with van der Waals surface area (Å²) in [5.41, 5.74) is 1.13. The van der Waals surface area contributed by atoms with Crippen LogP contribution in [0.3, 0.4) is 0 Å². The molecule has 2 aromatic rings. The van der Waals surface area contributed by atoms with Crippen molar-refractivity contribution < 1.29 is 9.47 Å². The molecule has 6 nitrogen and oxygen atoms in total. The Morgan fingerprint density at radius 1 is 1.18 bits per heavy atom. The fourth-order valence-electron chi connectivity index (χ4n) is 1.78. The third-order valence-corrected chi connectivity index (χ3v) is 2.81. The number of anilines is 1. The lowest BCUT2D eigenvalue weighted by Gasteiger charge is -2.12. The number of pyridine rings is 1. The van der Waals surface area contributed by atoms with Gasteiger partial charge in [0.05, 0.1) is 6.61 Å². The molecule has 2 aromatic heterocycles. The molecule has 22 heavy (non-hydrogen) atoms. The molecule has 2 heterocycles. The molecule has 0 aliphatic heterocycles. The summed E-state index contributed by atoms with van der Waals surface area (Å²) >= 11 is 0. The lowest BCUT2D eigenvalue weighted by Crippen LogP contribution is -2.10. The van der Waals surface area contributed by atoms with Gasteiger partial charge in [0.1, 0.15) is 12.4 Å². The van der Waals surface area contributed by atoms with E-state index in [2.05, 4.69) is 34.1 Å². The molecule has 0 radical (unpaired) electrons. The van der Waals surface area contributed by atoms with E-state index >= 15 is 0 Å². The van der Waals surface area contributed by atoms with E-state index in [1.54, 1.807) is 19.5 Å². The maximum Gasteiger partial charge on any atom is 0.218 e. The summed E-state index contributed by atoms with van der Waals surface area (Å²) in [7, 11) is 1.62. The molecule has 6 heteroatoms. The van der Waals surface area contributed by atoms with E-state index in [1.165, 1.54) is 0 Å². The second-order valence-electron chi connectivity index (χ2n) is 5.35. The number of aromatic nitrogens is 3. The van der Waals surface area contributed by atoms with E-state index in [9.17, 15) is 0 Å². The van der Waals surface area contributed by atoms with Gasteiger partial charge in [0.2, 0.25) is 5.88 Å². The number of nitrogens with one attached hydrogen (secondary N) is 1. The predicted molar refractivity (Wildman–Crippen MR) is 84.6 cm³/mol. The Kier molecular flexibility index (Phi) is 6.09. The maximum atomic E-state index is 5.69. The normalized spacial score (nSPS) is 10.7. The van der Waals surface area contributed by atoms with Gasteiger partial charge < -0.3 is 14.8 Å². The number of hydrogen-bond donors (Lipinski definition) is 1. The molecule has 0 aliphatic rings. The molecule has 0 aromatic carbocycles. The minimum atomic E-state index is 0.350. The second-order valence-corrected chi connectivity index (χ2v) is 5.35. The van der Waals surface area contributed by atoms with Gasteiger partial charge in [-0.15, -0.1) is 0 Å². The Bertz CT molecular complexity index is 576. The van der Waals surface area contributed by atoms with Gasteiger partial charge in [-0.1, -0.05) is 13.8 Å². The number of ether oxygens (including phenoxy) is 2. The van der Waals surface area contributed by atoms with Crippen LogP contribution in [0.15, 0.2) is 30.6 Å². The van der Waals surface area contributed by atoms with Crippen molar-refractivity contribution in [2.24, 2.45) is 5.92 Å². The zero-order valence-corrected chi connectivity index (χ0v) is 13.2. The SMILES string of the molecule is COCc1nc(NCc2ccncc2)cc(OCC(C)C)n1. The molecular weight excluding hydrogens is 280 g/mol. The Morgan fingerprint density at radius 3 is 2.64 bits per heavy atom. The lowest BCUT2D eigenvalue weighted by molar-refractivity contribution is 0.175. The standard InChI is InChI=1S/C16H22N4O2/c1-12(2)10-22-16-8-14(19-15(20-16)11-21-3)18-9-13-4-6-17-7-5-13/h4-8,12H,9-11H2,1-3H3,(H,18,19,20). The van der Waals surface area contributed by atoms with Crippen LogP contribution in [0, 0.1) is 5.92 Å². The molecule has 0 saturated heterocycles. The van der Waals surface area contributed by atoms with Gasteiger partial charge in [-0.25, -0.2) is 4.98 Å². The van der Waals surface area contributed by atoms with E-state index in [0.29, 0.717) is 37.4 Å². The molecule has 0 unspecified atom stereocenters. The number of hydrogen-bond acceptors (Lipinski definition) is 6. The Hall–Kier alpha value is -2.21. The van der Waals surface area contributed by atoms with Crippen molar-refractivity contribution in [2.75, 3.05) is 19.0 Å². The topological polar surface area (TPSA) is 69.2 Å². The van der Waals surface area contributed by atoms with Crippen molar-refractivity contribution in [1.29, 1.82) is 0 Å². The van der Waals surface area contributed by atoms with Crippen LogP contribution in [0.1, 0.15) is 25.2 Å². The third kappa shape index (κ3) is 5.29. The summed E-state index contributed by atoms with van der Waals surface area (Å²) in [5, 5.41) is 3.27. The Labute approximate surface area is 130 Å². The van der Waals surface area contributed by atoms with Crippen LogP contribution < -0.4 is 10.1 Å². The first-order chi connectivity index (χ1) is 10.7. The van der Waals surface area contributed by atoms with Gasteiger partial charge >= 0.3 is 0 Å². The minimum Gasteiger partial charge on any atom is -0.477 e. The maximum absolute atomic E-state index is 5.69. The van der Waals surface area contributed by atoms with E-state index in [1.807, 2.05) is 18.2 Å². The molecule has 2 rings (SSSR count). The van der Waals surface area contributed by atoms with Gasteiger partial charge in [-0.05, 0) is 23.6 Å². The van der Waals surface area contributed by atoms with Crippen LogP contribution in [0.2, 0.25) is 0 Å². The van der Waals surface area contributed by atoms with Gasteiger partial charge in [0.25, 0.3) is 0 Å². The molecular formula is C16H22N4O2. The predicted octanol–water partition coefficient (Wildman–Crippen LogP) is 2.66. The second kappa shape index (κ2) is 8.29. The Balaban J connectivity index is 2.07. The van der Waals surface area contributed by atoms with Gasteiger partial charge in [-0.2, -0.15) is 4.98 Å². The molecule has 1 N–H and O–H groups in total. The van der Waals surface area contributed by atoms with Crippen LogP contribution in [-0.4, -0.2) is 28.7 Å². The number of methoxy groups -OCH3 is 1. The highest BCUT2D eigenvalue weighted by Gasteiger charge is 2.07. The largest absolute Gasteiger partial charge is 0.477 e. The fraction of sp³-hybridized carbons (Fsp3) is 0.438. The summed E-state index contributed by atoms with van der Waals surface area (Å²) in [6.07, 6.45) is 3.54. The van der Waals surface area contributed by atoms with Gasteiger partial charge in [0, 0.05) is 32.1 Å². The summed E-state index contributed by atoms with van der Waals surface area (Å²) in [6.45, 7) is 5.82. The molecule has 0 bridgehead atoms. The van der Waals surface area contributed by atoms with E-state index in [0.717, 1.165) is 11.4 Å². The summed E-state index contributed by atoms with van der Waals surface area (Å²) in [4.78, 5) is 12.8. The van der Waals surface area contributed by atoms with Crippen molar-refractivity contribution in [1.82, 2.24) is 15.0 Å². The zero-order valence-electron chi connectivity index (χ0n) is 13.2. The average Bonchev–Trinajstić information content (AvgIpc) is 2.52. The molecule has 0 fully saturated rings. The number of rotatable bonds is 8. The van der Waals surface area contributed by atoms with E-state index in [4.69, 9.17) is 9.47 Å². The van der Waals surface area contributed by atoms with Crippen LogP contribution in [0.5, 0.6) is 5.88 Å². The molecule has 0 amide bonds.